The summed E-state index contributed by atoms with van der Waals surface area (Å²) in [7, 11) is 1.69. The van der Waals surface area contributed by atoms with Crippen molar-refractivity contribution in [1.29, 1.82) is 0 Å². The molecule has 2 aromatic carbocycles. The van der Waals surface area contributed by atoms with E-state index in [1.807, 2.05) is 13.0 Å². The third-order valence-electron chi connectivity index (χ3n) is 7.14. The van der Waals surface area contributed by atoms with E-state index in [1.165, 1.54) is 16.5 Å². The van der Waals surface area contributed by atoms with Crippen LogP contribution in [0.1, 0.15) is 55.2 Å². The van der Waals surface area contributed by atoms with Gasteiger partial charge in [-0.1, -0.05) is 19.9 Å². The van der Waals surface area contributed by atoms with Gasteiger partial charge in [-0.15, -0.1) is 0 Å². The second-order valence-corrected chi connectivity index (χ2v) is 9.78. The lowest BCUT2D eigenvalue weighted by molar-refractivity contribution is -0.122. The zero-order valence-electron chi connectivity index (χ0n) is 20.2. The van der Waals surface area contributed by atoms with Gasteiger partial charge >= 0.3 is 5.76 Å². The molecule has 178 valence electrons. The molecule has 4 aromatic rings. The summed E-state index contributed by atoms with van der Waals surface area (Å²) in [5, 5.41) is 3.97. The molecular weight excluding hydrogens is 428 g/mol. The fraction of sp³-hybridized carbons (Fsp3) is 0.407. The van der Waals surface area contributed by atoms with Crippen molar-refractivity contribution in [3.05, 3.63) is 57.6 Å². The zero-order chi connectivity index (χ0) is 24.0. The molecule has 0 bridgehead atoms. The van der Waals surface area contributed by atoms with Gasteiger partial charge in [-0.05, 0) is 85.6 Å². The van der Waals surface area contributed by atoms with E-state index in [-0.39, 0.29) is 5.91 Å². The SMILES string of the molecule is CNC(=O)CN1CCC(c2ccc3[nH]c(-c4cc(C)c5oc(=O)[nH]c5c4)c(C(C)C)c3c2)CC1. The van der Waals surface area contributed by atoms with Crippen LogP contribution in [0, 0.1) is 6.92 Å². The van der Waals surface area contributed by atoms with Crippen LogP contribution in [0.2, 0.25) is 0 Å². The average molecular weight is 461 g/mol. The number of benzene rings is 2. The number of oxazole rings is 1. The highest BCUT2D eigenvalue weighted by atomic mass is 16.4. The first-order valence-corrected chi connectivity index (χ1v) is 12.1. The number of aryl methyl sites for hydroxylation is 1. The molecule has 0 spiro atoms. The van der Waals surface area contributed by atoms with Crippen molar-refractivity contribution in [3.8, 4) is 11.3 Å². The Morgan fingerprint density at radius 2 is 1.91 bits per heavy atom. The van der Waals surface area contributed by atoms with E-state index in [2.05, 4.69) is 58.3 Å². The second-order valence-electron chi connectivity index (χ2n) is 9.78. The number of likely N-dealkylation sites (N-methyl/N-ethyl adjacent to an activating group) is 1. The number of H-pyrrole nitrogens is 2. The van der Waals surface area contributed by atoms with Crippen molar-refractivity contribution in [3.63, 3.8) is 0 Å². The summed E-state index contributed by atoms with van der Waals surface area (Å²) in [6.45, 7) is 8.77. The number of fused-ring (bicyclic) bond motifs is 2. The predicted molar refractivity (Wildman–Crippen MR) is 135 cm³/mol. The smallest absolute Gasteiger partial charge is 0.408 e. The van der Waals surface area contributed by atoms with Crippen LogP contribution in [0.15, 0.2) is 39.5 Å². The minimum atomic E-state index is -0.429. The van der Waals surface area contributed by atoms with E-state index in [9.17, 15) is 9.59 Å². The lowest BCUT2D eigenvalue weighted by atomic mass is 9.87. The summed E-state index contributed by atoms with van der Waals surface area (Å²) in [6, 6.07) is 10.9. The van der Waals surface area contributed by atoms with Crippen LogP contribution in [0.3, 0.4) is 0 Å². The van der Waals surface area contributed by atoms with Crippen LogP contribution >= 0.6 is 0 Å². The lowest BCUT2D eigenvalue weighted by Gasteiger charge is -2.31. The number of hydrogen-bond acceptors (Lipinski definition) is 4. The second kappa shape index (κ2) is 8.80. The first-order chi connectivity index (χ1) is 16.3. The Labute approximate surface area is 198 Å². The maximum absolute atomic E-state index is 11.7. The van der Waals surface area contributed by atoms with Gasteiger partial charge in [-0.25, -0.2) is 4.79 Å². The van der Waals surface area contributed by atoms with Crippen molar-refractivity contribution in [2.75, 3.05) is 26.7 Å². The number of carbonyl (C=O) groups is 1. The van der Waals surface area contributed by atoms with Gasteiger partial charge in [-0.3, -0.25) is 14.7 Å². The molecule has 0 atom stereocenters. The van der Waals surface area contributed by atoms with Crippen molar-refractivity contribution in [1.82, 2.24) is 20.2 Å². The highest BCUT2D eigenvalue weighted by molar-refractivity contribution is 5.94. The van der Waals surface area contributed by atoms with Gasteiger partial charge in [0.2, 0.25) is 5.91 Å². The largest absolute Gasteiger partial charge is 0.417 e. The van der Waals surface area contributed by atoms with Crippen molar-refractivity contribution >= 4 is 27.9 Å². The van der Waals surface area contributed by atoms with E-state index in [1.54, 1.807) is 7.05 Å². The van der Waals surface area contributed by atoms with Crippen molar-refractivity contribution in [2.24, 2.45) is 0 Å². The number of aromatic amines is 2. The molecule has 7 heteroatoms. The minimum absolute atomic E-state index is 0.0780. The molecule has 1 fully saturated rings. The van der Waals surface area contributed by atoms with Gasteiger partial charge < -0.3 is 14.7 Å². The Bertz CT molecular complexity index is 1420. The maximum atomic E-state index is 11.7. The third-order valence-corrected chi connectivity index (χ3v) is 7.14. The molecule has 0 aliphatic carbocycles. The van der Waals surface area contributed by atoms with Crippen LogP contribution in [0.25, 0.3) is 33.3 Å². The summed E-state index contributed by atoms with van der Waals surface area (Å²) in [6.07, 6.45) is 2.11. The number of nitrogens with zero attached hydrogens (tertiary/aromatic N) is 1. The van der Waals surface area contributed by atoms with Gasteiger partial charge in [0.25, 0.3) is 0 Å². The Morgan fingerprint density at radius 3 is 2.62 bits per heavy atom. The molecular formula is C27H32N4O3. The number of likely N-dealkylation sites (tertiary alicyclic amines) is 1. The molecule has 34 heavy (non-hydrogen) atoms. The monoisotopic (exact) mass is 460 g/mol. The van der Waals surface area contributed by atoms with E-state index in [4.69, 9.17) is 4.42 Å². The first-order valence-electron chi connectivity index (χ1n) is 12.1. The Kier molecular flexibility index (Phi) is 5.81. The van der Waals surface area contributed by atoms with Gasteiger partial charge in [-0.2, -0.15) is 0 Å². The van der Waals surface area contributed by atoms with E-state index < -0.39 is 5.76 Å². The van der Waals surface area contributed by atoms with Gasteiger partial charge in [0.15, 0.2) is 5.58 Å². The highest BCUT2D eigenvalue weighted by Gasteiger charge is 2.24. The summed E-state index contributed by atoms with van der Waals surface area (Å²) < 4.78 is 5.30. The standard InChI is InChI=1S/C27H32N4O3/c1-15(2)24-20-12-18(17-7-9-31(10-8-17)14-23(32)28-4)5-6-21(20)29-25(24)19-11-16(3)26-22(13-19)30-27(33)34-26/h5-6,11-13,15,17,29H,7-10,14H2,1-4H3,(H,28,32)(H,30,33). The fourth-order valence-corrected chi connectivity index (χ4v) is 5.39. The van der Waals surface area contributed by atoms with Crippen molar-refractivity contribution < 1.29 is 9.21 Å². The Morgan fingerprint density at radius 1 is 1.15 bits per heavy atom. The lowest BCUT2D eigenvalue weighted by Crippen LogP contribution is -2.40. The summed E-state index contributed by atoms with van der Waals surface area (Å²) in [5.41, 5.74) is 8.18. The maximum Gasteiger partial charge on any atom is 0.417 e. The average Bonchev–Trinajstić information content (AvgIpc) is 3.39. The van der Waals surface area contributed by atoms with Crippen LogP contribution in [-0.4, -0.2) is 47.5 Å². The van der Waals surface area contributed by atoms with Gasteiger partial charge in [0.1, 0.15) is 0 Å². The molecule has 2 aromatic heterocycles. The van der Waals surface area contributed by atoms with Crippen LogP contribution < -0.4 is 11.1 Å². The molecule has 5 rings (SSSR count). The molecule has 1 saturated heterocycles. The molecule has 1 aliphatic rings. The number of rotatable bonds is 5. The number of amides is 1. The Balaban J connectivity index is 1.50. The van der Waals surface area contributed by atoms with Crippen molar-refractivity contribution in [2.45, 2.75) is 45.4 Å². The molecule has 3 N–H and O–H groups in total. The summed E-state index contributed by atoms with van der Waals surface area (Å²) in [4.78, 5) is 32.1. The molecule has 1 aliphatic heterocycles. The van der Waals surface area contributed by atoms with Crippen LogP contribution in [0.5, 0.6) is 0 Å². The predicted octanol–water partition coefficient (Wildman–Crippen LogP) is 4.63. The highest BCUT2D eigenvalue weighted by Crippen LogP contribution is 2.39. The molecule has 0 unspecified atom stereocenters. The molecule has 0 saturated carbocycles. The summed E-state index contributed by atoms with van der Waals surface area (Å²) >= 11 is 0. The normalized spacial score (nSPS) is 15.6. The number of nitrogens with one attached hydrogen (secondary N) is 3. The Hall–Kier alpha value is -3.32. The quantitative estimate of drug-likeness (QED) is 0.405. The van der Waals surface area contributed by atoms with E-state index in [0.717, 1.165) is 53.8 Å². The summed E-state index contributed by atoms with van der Waals surface area (Å²) in [5.74, 6) is 0.474. The number of piperidine rings is 1. The molecule has 1 amide bonds. The minimum Gasteiger partial charge on any atom is -0.408 e. The molecule has 3 heterocycles. The number of aromatic nitrogens is 2. The molecule has 7 nitrogen and oxygen atoms in total. The molecule has 0 radical (unpaired) electrons. The van der Waals surface area contributed by atoms with E-state index in [0.29, 0.717) is 24.0 Å². The first kappa shape index (κ1) is 22.5. The number of carbonyl (C=O) groups excluding carboxylic acids is 1. The number of hydrogen-bond donors (Lipinski definition) is 3. The topological polar surface area (TPSA) is 94.1 Å². The van der Waals surface area contributed by atoms with Crippen LogP contribution in [0.4, 0.5) is 0 Å². The van der Waals surface area contributed by atoms with Crippen LogP contribution in [-0.2, 0) is 4.79 Å². The van der Waals surface area contributed by atoms with E-state index >= 15 is 0 Å². The third kappa shape index (κ3) is 4.05. The zero-order valence-corrected chi connectivity index (χ0v) is 20.2. The van der Waals surface area contributed by atoms with Gasteiger partial charge in [0.05, 0.1) is 17.8 Å². The van der Waals surface area contributed by atoms with Gasteiger partial charge in [0, 0.05) is 23.5 Å². The fourth-order valence-electron chi connectivity index (χ4n) is 5.39.